The third-order valence-corrected chi connectivity index (χ3v) is 3.05. The predicted octanol–water partition coefficient (Wildman–Crippen LogP) is 1.84. The second-order valence-corrected chi connectivity index (χ2v) is 4.14. The van der Waals surface area contributed by atoms with Gasteiger partial charge in [0.2, 0.25) is 0 Å². The van der Waals surface area contributed by atoms with Crippen molar-refractivity contribution in [2.75, 3.05) is 6.61 Å². The SMILES string of the molecule is CC1CCC(O)(C2=COCC2)C1. The van der Waals surface area contributed by atoms with Crippen molar-refractivity contribution in [2.24, 2.45) is 5.92 Å². The Bertz CT molecular complexity index is 210. The molecular weight excluding hydrogens is 152 g/mol. The molecule has 0 aromatic rings. The highest BCUT2D eigenvalue weighted by Crippen LogP contribution is 2.41. The Hall–Kier alpha value is -0.500. The summed E-state index contributed by atoms with van der Waals surface area (Å²) in [6.45, 7) is 2.96. The molecule has 0 spiro atoms. The normalized spacial score (nSPS) is 41.2. The van der Waals surface area contributed by atoms with Crippen molar-refractivity contribution in [3.8, 4) is 0 Å². The van der Waals surface area contributed by atoms with Crippen LogP contribution in [0.2, 0.25) is 0 Å². The first kappa shape index (κ1) is 8.11. The maximum atomic E-state index is 10.2. The molecule has 12 heavy (non-hydrogen) atoms. The van der Waals surface area contributed by atoms with Gasteiger partial charge < -0.3 is 9.84 Å². The zero-order valence-corrected chi connectivity index (χ0v) is 7.55. The van der Waals surface area contributed by atoms with Crippen LogP contribution in [-0.4, -0.2) is 17.3 Å². The fourth-order valence-corrected chi connectivity index (χ4v) is 2.29. The molecule has 1 aliphatic heterocycles. The second kappa shape index (κ2) is 2.77. The first-order valence-corrected chi connectivity index (χ1v) is 4.74. The van der Waals surface area contributed by atoms with Gasteiger partial charge in [-0.1, -0.05) is 6.92 Å². The number of ether oxygens (including phenoxy) is 1. The third-order valence-electron chi connectivity index (χ3n) is 3.05. The lowest BCUT2D eigenvalue weighted by atomic mass is 9.90. The molecule has 0 bridgehead atoms. The number of rotatable bonds is 1. The molecule has 2 nitrogen and oxygen atoms in total. The lowest BCUT2D eigenvalue weighted by Crippen LogP contribution is -2.26. The van der Waals surface area contributed by atoms with E-state index in [9.17, 15) is 5.11 Å². The predicted molar refractivity (Wildman–Crippen MR) is 46.6 cm³/mol. The van der Waals surface area contributed by atoms with Crippen LogP contribution in [0.5, 0.6) is 0 Å². The van der Waals surface area contributed by atoms with Crippen molar-refractivity contribution in [3.05, 3.63) is 11.8 Å². The smallest absolute Gasteiger partial charge is 0.0912 e. The fourth-order valence-electron chi connectivity index (χ4n) is 2.29. The first-order valence-electron chi connectivity index (χ1n) is 4.74. The zero-order chi connectivity index (χ0) is 8.60. The van der Waals surface area contributed by atoms with Gasteiger partial charge in [-0.2, -0.15) is 0 Å². The number of aliphatic hydroxyl groups is 1. The summed E-state index contributed by atoms with van der Waals surface area (Å²) in [6, 6.07) is 0. The molecule has 0 amide bonds. The quantitative estimate of drug-likeness (QED) is 0.647. The molecule has 2 atom stereocenters. The van der Waals surface area contributed by atoms with Gasteiger partial charge in [-0.3, -0.25) is 0 Å². The van der Waals surface area contributed by atoms with Gasteiger partial charge >= 0.3 is 0 Å². The van der Waals surface area contributed by atoms with E-state index >= 15 is 0 Å². The summed E-state index contributed by atoms with van der Waals surface area (Å²) in [5, 5.41) is 10.2. The maximum absolute atomic E-state index is 10.2. The van der Waals surface area contributed by atoms with Gasteiger partial charge in [0.1, 0.15) is 0 Å². The average molecular weight is 168 g/mol. The van der Waals surface area contributed by atoms with Crippen LogP contribution in [-0.2, 0) is 4.74 Å². The van der Waals surface area contributed by atoms with Gasteiger partial charge in [-0.15, -0.1) is 0 Å². The van der Waals surface area contributed by atoms with Crippen molar-refractivity contribution in [2.45, 2.75) is 38.2 Å². The van der Waals surface area contributed by atoms with E-state index in [1.54, 1.807) is 6.26 Å². The molecule has 1 heterocycles. The highest BCUT2D eigenvalue weighted by Gasteiger charge is 2.39. The molecule has 68 valence electrons. The zero-order valence-electron chi connectivity index (χ0n) is 7.55. The Balaban J connectivity index is 2.10. The molecule has 1 saturated carbocycles. The number of hydrogen-bond acceptors (Lipinski definition) is 2. The van der Waals surface area contributed by atoms with Crippen LogP contribution in [0.1, 0.15) is 32.6 Å². The van der Waals surface area contributed by atoms with Crippen LogP contribution in [0.3, 0.4) is 0 Å². The molecule has 0 aromatic heterocycles. The van der Waals surface area contributed by atoms with Crippen LogP contribution < -0.4 is 0 Å². The number of hydrogen-bond donors (Lipinski definition) is 1. The highest BCUT2D eigenvalue weighted by atomic mass is 16.5. The Morgan fingerprint density at radius 3 is 3.00 bits per heavy atom. The summed E-state index contributed by atoms with van der Waals surface area (Å²) >= 11 is 0. The lowest BCUT2D eigenvalue weighted by molar-refractivity contribution is 0.0803. The summed E-state index contributed by atoms with van der Waals surface area (Å²) < 4.78 is 5.15. The van der Waals surface area contributed by atoms with E-state index in [0.717, 1.165) is 37.9 Å². The summed E-state index contributed by atoms with van der Waals surface area (Å²) in [4.78, 5) is 0. The third kappa shape index (κ3) is 1.24. The minimum atomic E-state index is -0.518. The molecule has 2 unspecified atom stereocenters. The van der Waals surface area contributed by atoms with Gasteiger partial charge in [0.25, 0.3) is 0 Å². The molecular formula is C10H16O2. The van der Waals surface area contributed by atoms with E-state index in [2.05, 4.69) is 6.92 Å². The summed E-state index contributed by atoms with van der Waals surface area (Å²) in [5.41, 5.74) is 0.600. The highest BCUT2D eigenvalue weighted by molar-refractivity contribution is 5.19. The molecule has 1 aliphatic carbocycles. The summed E-state index contributed by atoms with van der Waals surface area (Å²) in [7, 11) is 0. The lowest BCUT2D eigenvalue weighted by Gasteiger charge is -2.22. The molecule has 0 radical (unpaired) electrons. The largest absolute Gasteiger partial charge is 0.501 e. The first-order chi connectivity index (χ1) is 5.71. The standard InChI is InChI=1S/C10H16O2/c1-8-2-4-10(11,6-8)9-3-5-12-7-9/h7-8,11H,2-6H2,1H3. The van der Waals surface area contributed by atoms with Gasteiger partial charge in [0.05, 0.1) is 18.5 Å². The molecule has 2 rings (SSSR count). The van der Waals surface area contributed by atoms with E-state index in [4.69, 9.17) is 4.74 Å². The van der Waals surface area contributed by atoms with Crippen LogP contribution in [0.15, 0.2) is 11.8 Å². The minimum absolute atomic E-state index is 0.518. The molecule has 2 heteroatoms. The topological polar surface area (TPSA) is 29.5 Å². The van der Waals surface area contributed by atoms with Gasteiger partial charge in [0, 0.05) is 6.42 Å². The van der Waals surface area contributed by atoms with Crippen LogP contribution in [0.4, 0.5) is 0 Å². The summed E-state index contributed by atoms with van der Waals surface area (Å²) in [5.74, 6) is 0.663. The monoisotopic (exact) mass is 168 g/mol. The van der Waals surface area contributed by atoms with Crippen molar-refractivity contribution in [3.63, 3.8) is 0 Å². The minimum Gasteiger partial charge on any atom is -0.501 e. The molecule has 2 aliphatic rings. The van der Waals surface area contributed by atoms with Gasteiger partial charge in [-0.05, 0) is 30.8 Å². The molecule has 0 aromatic carbocycles. The van der Waals surface area contributed by atoms with Crippen molar-refractivity contribution >= 4 is 0 Å². The Morgan fingerprint density at radius 2 is 2.50 bits per heavy atom. The van der Waals surface area contributed by atoms with Gasteiger partial charge in [-0.25, -0.2) is 0 Å². The molecule has 1 N–H and O–H groups in total. The van der Waals surface area contributed by atoms with E-state index < -0.39 is 5.60 Å². The second-order valence-electron chi connectivity index (χ2n) is 4.14. The van der Waals surface area contributed by atoms with E-state index in [1.807, 2.05) is 0 Å². The molecule has 1 fully saturated rings. The van der Waals surface area contributed by atoms with E-state index in [-0.39, 0.29) is 0 Å². The van der Waals surface area contributed by atoms with Gasteiger partial charge in [0.15, 0.2) is 0 Å². The average Bonchev–Trinajstić information content (AvgIpc) is 2.59. The Kier molecular flexibility index (Phi) is 1.87. The van der Waals surface area contributed by atoms with Crippen molar-refractivity contribution < 1.29 is 9.84 Å². The van der Waals surface area contributed by atoms with Crippen molar-refractivity contribution in [1.82, 2.24) is 0 Å². The Morgan fingerprint density at radius 1 is 1.67 bits per heavy atom. The maximum Gasteiger partial charge on any atom is 0.0912 e. The summed E-state index contributed by atoms with van der Waals surface area (Å²) in [6.07, 6.45) is 5.67. The van der Waals surface area contributed by atoms with E-state index in [0.29, 0.717) is 5.92 Å². The van der Waals surface area contributed by atoms with Crippen molar-refractivity contribution in [1.29, 1.82) is 0 Å². The Labute approximate surface area is 73.2 Å². The van der Waals surface area contributed by atoms with E-state index in [1.165, 1.54) is 0 Å². The molecule has 0 saturated heterocycles. The fraction of sp³-hybridized carbons (Fsp3) is 0.800. The van der Waals surface area contributed by atoms with Crippen LogP contribution in [0, 0.1) is 5.92 Å². The van der Waals surface area contributed by atoms with Crippen LogP contribution >= 0.6 is 0 Å². The van der Waals surface area contributed by atoms with Crippen LogP contribution in [0.25, 0.3) is 0 Å².